The molecule has 1 atom stereocenters. The van der Waals surface area contributed by atoms with Crippen molar-refractivity contribution in [3.8, 4) is 0 Å². The molecule has 0 aromatic heterocycles. The zero-order chi connectivity index (χ0) is 14.8. The number of nitrogens with one attached hydrogen (secondary N) is 1. The molecule has 3 heteroatoms. The number of likely N-dealkylation sites (tertiary alicyclic amines) is 1. The standard InChI is InChI=1S/C17H26N2O/c1-13(16(20)19-11-5-6-12-19)18-15-9-7-14(8-10-15)17(2,3)4/h7-10,13,18H,5-6,11-12H2,1-4H3. The number of rotatable bonds is 3. The number of amides is 1. The molecule has 1 aliphatic rings. The molecule has 0 radical (unpaired) electrons. The van der Waals surface area contributed by atoms with Crippen molar-refractivity contribution in [1.82, 2.24) is 4.90 Å². The maximum absolute atomic E-state index is 12.2. The van der Waals surface area contributed by atoms with Gasteiger partial charge in [0.05, 0.1) is 0 Å². The van der Waals surface area contributed by atoms with Gasteiger partial charge in [-0.05, 0) is 42.9 Å². The number of carbonyl (C=O) groups is 1. The summed E-state index contributed by atoms with van der Waals surface area (Å²) in [7, 11) is 0. The second kappa shape index (κ2) is 5.86. The first-order valence-corrected chi connectivity index (χ1v) is 7.54. The van der Waals surface area contributed by atoms with Crippen LogP contribution < -0.4 is 5.32 Å². The highest BCUT2D eigenvalue weighted by Crippen LogP contribution is 2.23. The summed E-state index contributed by atoms with van der Waals surface area (Å²) in [5, 5.41) is 3.31. The molecule has 2 rings (SSSR count). The molecule has 1 aromatic rings. The molecule has 1 fully saturated rings. The predicted molar refractivity (Wildman–Crippen MR) is 84.0 cm³/mol. The highest BCUT2D eigenvalue weighted by Gasteiger charge is 2.23. The second-order valence-electron chi connectivity index (χ2n) is 6.73. The minimum atomic E-state index is -0.159. The van der Waals surface area contributed by atoms with E-state index in [2.05, 4.69) is 50.4 Å². The molecule has 1 amide bonds. The number of hydrogen-bond donors (Lipinski definition) is 1. The van der Waals surface area contributed by atoms with Crippen molar-refractivity contribution in [2.45, 2.75) is 52.0 Å². The maximum Gasteiger partial charge on any atom is 0.244 e. The summed E-state index contributed by atoms with van der Waals surface area (Å²) >= 11 is 0. The van der Waals surface area contributed by atoms with Gasteiger partial charge in [-0.15, -0.1) is 0 Å². The topological polar surface area (TPSA) is 32.3 Å². The molecule has 1 unspecified atom stereocenters. The van der Waals surface area contributed by atoms with Crippen LogP contribution in [0.15, 0.2) is 24.3 Å². The van der Waals surface area contributed by atoms with E-state index in [9.17, 15) is 4.79 Å². The Morgan fingerprint density at radius 2 is 1.70 bits per heavy atom. The third kappa shape index (κ3) is 3.53. The normalized spacial score (nSPS) is 17.1. The van der Waals surface area contributed by atoms with Gasteiger partial charge < -0.3 is 10.2 Å². The van der Waals surface area contributed by atoms with Gasteiger partial charge in [-0.25, -0.2) is 0 Å². The SMILES string of the molecule is CC(Nc1ccc(C(C)(C)C)cc1)C(=O)N1CCCC1. The van der Waals surface area contributed by atoms with Crippen LogP contribution in [-0.4, -0.2) is 29.9 Å². The van der Waals surface area contributed by atoms with E-state index in [1.54, 1.807) is 0 Å². The Morgan fingerprint density at radius 1 is 1.15 bits per heavy atom. The van der Waals surface area contributed by atoms with E-state index in [1.165, 1.54) is 5.56 Å². The lowest BCUT2D eigenvalue weighted by Gasteiger charge is -2.23. The van der Waals surface area contributed by atoms with Gasteiger partial charge in [0, 0.05) is 18.8 Å². The Labute approximate surface area is 122 Å². The number of hydrogen-bond acceptors (Lipinski definition) is 2. The Morgan fingerprint density at radius 3 is 2.20 bits per heavy atom. The molecule has 0 bridgehead atoms. The van der Waals surface area contributed by atoms with Crippen LogP contribution in [0.1, 0.15) is 46.1 Å². The monoisotopic (exact) mass is 274 g/mol. The van der Waals surface area contributed by atoms with Crippen molar-refractivity contribution in [1.29, 1.82) is 0 Å². The zero-order valence-corrected chi connectivity index (χ0v) is 13.1. The lowest BCUT2D eigenvalue weighted by atomic mass is 9.87. The van der Waals surface area contributed by atoms with Crippen molar-refractivity contribution in [3.63, 3.8) is 0 Å². The van der Waals surface area contributed by atoms with Crippen LogP contribution in [0.3, 0.4) is 0 Å². The fraction of sp³-hybridized carbons (Fsp3) is 0.588. The van der Waals surface area contributed by atoms with Crippen molar-refractivity contribution >= 4 is 11.6 Å². The average molecular weight is 274 g/mol. The van der Waals surface area contributed by atoms with E-state index in [0.717, 1.165) is 31.6 Å². The third-order valence-corrected chi connectivity index (χ3v) is 3.92. The fourth-order valence-electron chi connectivity index (χ4n) is 2.59. The molecule has 1 heterocycles. The van der Waals surface area contributed by atoms with Crippen molar-refractivity contribution in [3.05, 3.63) is 29.8 Å². The summed E-state index contributed by atoms with van der Waals surface area (Å²) in [5.74, 6) is 0.211. The third-order valence-electron chi connectivity index (χ3n) is 3.92. The quantitative estimate of drug-likeness (QED) is 0.916. The molecule has 110 valence electrons. The molecular formula is C17H26N2O. The number of benzene rings is 1. The molecule has 1 saturated heterocycles. The van der Waals surface area contributed by atoms with Crippen molar-refractivity contribution in [2.75, 3.05) is 18.4 Å². The van der Waals surface area contributed by atoms with Crippen LogP contribution in [-0.2, 0) is 10.2 Å². The second-order valence-corrected chi connectivity index (χ2v) is 6.73. The summed E-state index contributed by atoms with van der Waals surface area (Å²) in [6.07, 6.45) is 2.28. The highest BCUT2D eigenvalue weighted by molar-refractivity contribution is 5.84. The van der Waals surface area contributed by atoms with E-state index in [0.29, 0.717) is 0 Å². The summed E-state index contributed by atoms with van der Waals surface area (Å²) in [6, 6.07) is 8.24. The Bertz CT molecular complexity index is 453. The number of nitrogens with zero attached hydrogens (tertiary/aromatic N) is 1. The van der Waals surface area contributed by atoms with Gasteiger partial charge in [0.1, 0.15) is 6.04 Å². The van der Waals surface area contributed by atoms with E-state index in [1.807, 2.05) is 11.8 Å². The molecule has 3 nitrogen and oxygen atoms in total. The average Bonchev–Trinajstić information content (AvgIpc) is 2.91. The van der Waals surface area contributed by atoms with E-state index < -0.39 is 0 Å². The molecule has 1 N–H and O–H groups in total. The Hall–Kier alpha value is -1.51. The molecule has 1 aromatic carbocycles. The lowest BCUT2D eigenvalue weighted by Crippen LogP contribution is -2.39. The first-order chi connectivity index (χ1) is 9.38. The van der Waals surface area contributed by atoms with Crippen LogP contribution in [0.5, 0.6) is 0 Å². The molecule has 0 aliphatic carbocycles. The Balaban J connectivity index is 1.97. The highest BCUT2D eigenvalue weighted by atomic mass is 16.2. The first kappa shape index (κ1) is 14.9. The number of carbonyl (C=O) groups excluding carboxylic acids is 1. The fourth-order valence-corrected chi connectivity index (χ4v) is 2.59. The Kier molecular flexibility index (Phi) is 4.36. The van der Waals surface area contributed by atoms with E-state index in [-0.39, 0.29) is 17.4 Å². The van der Waals surface area contributed by atoms with Crippen LogP contribution in [0.25, 0.3) is 0 Å². The molecule has 1 aliphatic heterocycles. The van der Waals surface area contributed by atoms with Gasteiger partial charge in [0.2, 0.25) is 5.91 Å². The van der Waals surface area contributed by atoms with E-state index in [4.69, 9.17) is 0 Å². The van der Waals surface area contributed by atoms with Crippen LogP contribution in [0, 0.1) is 0 Å². The van der Waals surface area contributed by atoms with E-state index >= 15 is 0 Å². The summed E-state index contributed by atoms with van der Waals surface area (Å²) in [6.45, 7) is 10.4. The molecule has 0 saturated carbocycles. The number of anilines is 1. The first-order valence-electron chi connectivity index (χ1n) is 7.54. The van der Waals surface area contributed by atoms with Crippen LogP contribution in [0.4, 0.5) is 5.69 Å². The van der Waals surface area contributed by atoms with Crippen molar-refractivity contribution < 1.29 is 4.79 Å². The van der Waals surface area contributed by atoms with Crippen LogP contribution >= 0.6 is 0 Å². The minimum absolute atomic E-state index is 0.159. The summed E-state index contributed by atoms with van der Waals surface area (Å²) < 4.78 is 0. The smallest absolute Gasteiger partial charge is 0.244 e. The largest absolute Gasteiger partial charge is 0.374 e. The van der Waals surface area contributed by atoms with Gasteiger partial charge in [-0.2, -0.15) is 0 Å². The zero-order valence-electron chi connectivity index (χ0n) is 13.1. The van der Waals surface area contributed by atoms with Crippen molar-refractivity contribution in [2.24, 2.45) is 0 Å². The molecular weight excluding hydrogens is 248 g/mol. The van der Waals surface area contributed by atoms with Gasteiger partial charge in [0.25, 0.3) is 0 Å². The summed E-state index contributed by atoms with van der Waals surface area (Å²) in [5.41, 5.74) is 2.48. The maximum atomic E-state index is 12.2. The summed E-state index contributed by atoms with van der Waals surface area (Å²) in [4.78, 5) is 14.2. The predicted octanol–water partition coefficient (Wildman–Crippen LogP) is 3.41. The lowest BCUT2D eigenvalue weighted by molar-refractivity contribution is -0.130. The van der Waals surface area contributed by atoms with Gasteiger partial charge in [-0.1, -0.05) is 32.9 Å². The molecule has 0 spiro atoms. The van der Waals surface area contributed by atoms with Gasteiger partial charge in [0.15, 0.2) is 0 Å². The van der Waals surface area contributed by atoms with Crippen LogP contribution in [0.2, 0.25) is 0 Å². The van der Waals surface area contributed by atoms with Gasteiger partial charge in [-0.3, -0.25) is 4.79 Å². The minimum Gasteiger partial charge on any atom is -0.374 e. The van der Waals surface area contributed by atoms with Gasteiger partial charge >= 0.3 is 0 Å². The molecule has 20 heavy (non-hydrogen) atoms.